The van der Waals surface area contributed by atoms with E-state index in [4.69, 9.17) is 14.2 Å². The molecule has 0 bridgehead atoms. The van der Waals surface area contributed by atoms with Crippen LogP contribution in [0, 0.1) is 6.92 Å². The number of carbonyl (C=O) groups is 1. The average Bonchev–Trinajstić information content (AvgIpc) is 2.70. The van der Waals surface area contributed by atoms with Gasteiger partial charge in [-0.3, -0.25) is 4.79 Å². The quantitative estimate of drug-likeness (QED) is 0.632. The average molecular weight is 400 g/mol. The minimum atomic E-state index is -0.608. The van der Waals surface area contributed by atoms with Gasteiger partial charge >= 0.3 is 0 Å². The Morgan fingerprint density at radius 2 is 1.66 bits per heavy atom. The molecule has 0 spiro atoms. The SMILES string of the molecule is CC[C@H](NC(=O)[C@H](C)Oc1cc(C)ccc1C(C)C)c1ccc(OC)c(OC)c1. The zero-order chi connectivity index (χ0) is 21.6. The van der Waals surface area contributed by atoms with Crippen LogP contribution in [-0.4, -0.2) is 26.2 Å². The third-order valence-electron chi connectivity index (χ3n) is 5.00. The molecule has 158 valence electrons. The highest BCUT2D eigenvalue weighted by atomic mass is 16.5. The molecule has 0 aliphatic carbocycles. The molecule has 0 aliphatic rings. The molecule has 2 aromatic carbocycles. The van der Waals surface area contributed by atoms with Gasteiger partial charge in [0.15, 0.2) is 17.6 Å². The lowest BCUT2D eigenvalue weighted by atomic mass is 10.0. The van der Waals surface area contributed by atoms with E-state index >= 15 is 0 Å². The lowest BCUT2D eigenvalue weighted by Gasteiger charge is -2.23. The molecule has 2 rings (SSSR count). The van der Waals surface area contributed by atoms with E-state index in [1.54, 1.807) is 21.1 Å². The Balaban J connectivity index is 2.15. The maximum Gasteiger partial charge on any atom is 0.261 e. The third-order valence-corrected chi connectivity index (χ3v) is 5.00. The van der Waals surface area contributed by atoms with E-state index in [0.717, 1.165) is 28.9 Å². The van der Waals surface area contributed by atoms with Crippen LogP contribution in [0.4, 0.5) is 0 Å². The summed E-state index contributed by atoms with van der Waals surface area (Å²) in [4.78, 5) is 12.8. The number of benzene rings is 2. The van der Waals surface area contributed by atoms with Crippen LogP contribution in [0.1, 0.15) is 62.8 Å². The first kappa shape index (κ1) is 22.6. The number of ether oxygens (including phenoxy) is 3. The van der Waals surface area contributed by atoms with Crippen molar-refractivity contribution in [2.45, 2.75) is 59.1 Å². The molecule has 1 N–H and O–H groups in total. The summed E-state index contributed by atoms with van der Waals surface area (Å²) in [6.07, 6.45) is 0.138. The number of carbonyl (C=O) groups excluding carboxylic acids is 1. The van der Waals surface area contributed by atoms with Gasteiger partial charge in [-0.2, -0.15) is 0 Å². The lowest BCUT2D eigenvalue weighted by Crippen LogP contribution is -2.38. The van der Waals surface area contributed by atoms with Gasteiger partial charge < -0.3 is 19.5 Å². The zero-order valence-corrected chi connectivity index (χ0v) is 18.5. The maximum absolute atomic E-state index is 12.8. The van der Waals surface area contributed by atoms with Crippen LogP contribution in [0.15, 0.2) is 36.4 Å². The van der Waals surface area contributed by atoms with Crippen molar-refractivity contribution in [2.24, 2.45) is 0 Å². The molecule has 1 amide bonds. The number of hydrogen-bond acceptors (Lipinski definition) is 4. The molecule has 0 aromatic heterocycles. The normalized spacial score (nSPS) is 13.0. The van der Waals surface area contributed by atoms with Crippen molar-refractivity contribution in [1.29, 1.82) is 0 Å². The van der Waals surface area contributed by atoms with Crippen molar-refractivity contribution in [3.8, 4) is 17.2 Å². The maximum atomic E-state index is 12.8. The Bertz CT molecular complexity index is 832. The van der Waals surface area contributed by atoms with E-state index in [1.807, 2.05) is 38.1 Å². The van der Waals surface area contributed by atoms with Gasteiger partial charge in [-0.05, 0) is 61.1 Å². The van der Waals surface area contributed by atoms with E-state index in [2.05, 4.69) is 31.3 Å². The van der Waals surface area contributed by atoms with E-state index in [9.17, 15) is 4.79 Å². The number of methoxy groups -OCH3 is 2. The van der Waals surface area contributed by atoms with E-state index in [-0.39, 0.29) is 11.9 Å². The largest absolute Gasteiger partial charge is 0.493 e. The number of hydrogen-bond donors (Lipinski definition) is 1. The molecule has 5 nitrogen and oxygen atoms in total. The molecule has 29 heavy (non-hydrogen) atoms. The van der Waals surface area contributed by atoms with Crippen molar-refractivity contribution in [3.63, 3.8) is 0 Å². The van der Waals surface area contributed by atoms with Gasteiger partial charge in [0.1, 0.15) is 5.75 Å². The van der Waals surface area contributed by atoms with E-state index in [1.165, 1.54) is 0 Å². The zero-order valence-electron chi connectivity index (χ0n) is 18.5. The lowest BCUT2D eigenvalue weighted by molar-refractivity contribution is -0.128. The summed E-state index contributed by atoms with van der Waals surface area (Å²) in [6, 6.07) is 11.7. The molecule has 0 aliphatic heterocycles. The first-order valence-corrected chi connectivity index (χ1v) is 10.1. The molecule has 0 radical (unpaired) electrons. The molecule has 0 saturated carbocycles. The van der Waals surface area contributed by atoms with Gasteiger partial charge in [0.05, 0.1) is 20.3 Å². The summed E-state index contributed by atoms with van der Waals surface area (Å²) in [5, 5.41) is 3.09. The van der Waals surface area contributed by atoms with Gasteiger partial charge in [0.25, 0.3) is 5.91 Å². The van der Waals surface area contributed by atoms with Gasteiger partial charge in [0.2, 0.25) is 0 Å². The second kappa shape index (κ2) is 10.2. The standard InChI is InChI=1S/C24H33NO4/c1-8-20(18-10-12-21(27-6)23(14-18)28-7)25-24(26)17(5)29-22-13-16(4)9-11-19(22)15(2)3/h9-15,17,20H,8H2,1-7H3,(H,25,26)/t17-,20-/m0/s1. The third kappa shape index (κ3) is 5.66. The van der Waals surface area contributed by atoms with E-state index in [0.29, 0.717) is 17.4 Å². The molecular formula is C24H33NO4. The highest BCUT2D eigenvalue weighted by Gasteiger charge is 2.22. The predicted octanol–water partition coefficient (Wildman–Crippen LogP) is 5.17. The van der Waals surface area contributed by atoms with Gasteiger partial charge in [-0.25, -0.2) is 0 Å². The highest BCUT2D eigenvalue weighted by Crippen LogP contribution is 2.31. The van der Waals surface area contributed by atoms with Gasteiger partial charge in [-0.1, -0.05) is 39.0 Å². The van der Waals surface area contributed by atoms with Crippen molar-refractivity contribution in [2.75, 3.05) is 14.2 Å². The summed E-state index contributed by atoms with van der Waals surface area (Å²) < 4.78 is 16.7. The van der Waals surface area contributed by atoms with Crippen molar-refractivity contribution in [1.82, 2.24) is 5.32 Å². The Labute approximate surface area is 174 Å². The van der Waals surface area contributed by atoms with Gasteiger partial charge in [-0.15, -0.1) is 0 Å². The summed E-state index contributed by atoms with van der Waals surface area (Å²) in [6.45, 7) is 10.1. The molecule has 0 saturated heterocycles. The molecule has 5 heteroatoms. The topological polar surface area (TPSA) is 56.8 Å². The number of amides is 1. The van der Waals surface area contributed by atoms with Crippen molar-refractivity contribution >= 4 is 5.91 Å². The highest BCUT2D eigenvalue weighted by molar-refractivity contribution is 5.81. The van der Waals surface area contributed by atoms with Crippen LogP contribution in [-0.2, 0) is 4.79 Å². The first-order chi connectivity index (χ1) is 13.8. The smallest absolute Gasteiger partial charge is 0.261 e. The number of aryl methyl sites for hydroxylation is 1. The van der Waals surface area contributed by atoms with Crippen LogP contribution < -0.4 is 19.5 Å². The van der Waals surface area contributed by atoms with Crippen LogP contribution in [0.5, 0.6) is 17.2 Å². The molecule has 0 unspecified atom stereocenters. The predicted molar refractivity (Wildman–Crippen MR) is 116 cm³/mol. The second-order valence-electron chi connectivity index (χ2n) is 7.54. The van der Waals surface area contributed by atoms with Gasteiger partial charge in [0, 0.05) is 0 Å². The van der Waals surface area contributed by atoms with Crippen LogP contribution in [0.2, 0.25) is 0 Å². The Kier molecular flexibility index (Phi) is 7.94. The fourth-order valence-corrected chi connectivity index (χ4v) is 3.24. The molecule has 2 atom stereocenters. The van der Waals surface area contributed by atoms with Crippen molar-refractivity contribution in [3.05, 3.63) is 53.1 Å². The summed E-state index contributed by atoms with van der Waals surface area (Å²) in [5.41, 5.74) is 3.17. The number of rotatable bonds is 9. The van der Waals surface area contributed by atoms with E-state index < -0.39 is 6.10 Å². The van der Waals surface area contributed by atoms with Crippen LogP contribution in [0.25, 0.3) is 0 Å². The molecule has 2 aromatic rings. The minimum absolute atomic E-state index is 0.143. The fourth-order valence-electron chi connectivity index (χ4n) is 3.24. The fraction of sp³-hybridized carbons (Fsp3) is 0.458. The summed E-state index contributed by atoms with van der Waals surface area (Å²) in [5.74, 6) is 2.24. The van der Waals surface area contributed by atoms with Crippen LogP contribution >= 0.6 is 0 Å². The molecule has 0 heterocycles. The Morgan fingerprint density at radius 3 is 2.24 bits per heavy atom. The monoisotopic (exact) mass is 399 g/mol. The second-order valence-corrected chi connectivity index (χ2v) is 7.54. The Morgan fingerprint density at radius 1 is 0.966 bits per heavy atom. The summed E-state index contributed by atoms with van der Waals surface area (Å²) in [7, 11) is 3.21. The van der Waals surface area contributed by atoms with Crippen LogP contribution in [0.3, 0.4) is 0 Å². The Hall–Kier alpha value is -2.69. The first-order valence-electron chi connectivity index (χ1n) is 10.1. The van der Waals surface area contributed by atoms with Crippen molar-refractivity contribution < 1.29 is 19.0 Å². The minimum Gasteiger partial charge on any atom is -0.493 e. The number of nitrogens with one attached hydrogen (secondary N) is 1. The molecular weight excluding hydrogens is 366 g/mol. The summed E-state index contributed by atoms with van der Waals surface area (Å²) >= 11 is 0. The molecule has 0 fully saturated rings.